The largest absolute Gasteiger partial charge is 0.372 e. The molecule has 2 aliphatic heterocycles. The van der Waals surface area contributed by atoms with Gasteiger partial charge in [-0.2, -0.15) is 0 Å². The van der Waals surface area contributed by atoms with Gasteiger partial charge in [0.05, 0.1) is 0 Å². The minimum absolute atomic E-state index is 0.0517. The average Bonchev–Trinajstić information content (AvgIpc) is 2.80. The first kappa shape index (κ1) is 19.9. The normalized spacial score (nSPS) is 19.7. The highest BCUT2D eigenvalue weighted by Gasteiger charge is 2.24. The third-order valence-electron chi connectivity index (χ3n) is 6.45. The van der Waals surface area contributed by atoms with Gasteiger partial charge in [-0.3, -0.25) is 14.7 Å². The smallest absolute Gasteiger partial charge is 0.251 e. The van der Waals surface area contributed by atoms with Crippen molar-refractivity contribution in [2.75, 3.05) is 31.1 Å². The van der Waals surface area contributed by atoms with Crippen LogP contribution < -0.4 is 10.2 Å². The number of aromatic nitrogens is 1. The number of rotatable bonds is 5. The number of pyridine rings is 1. The van der Waals surface area contributed by atoms with Crippen molar-refractivity contribution in [2.45, 2.75) is 51.1 Å². The van der Waals surface area contributed by atoms with Crippen LogP contribution in [0.25, 0.3) is 0 Å². The molecule has 3 heterocycles. The average molecular weight is 393 g/mol. The third kappa shape index (κ3) is 4.96. The van der Waals surface area contributed by atoms with Gasteiger partial charge in [0.2, 0.25) is 0 Å². The number of amides is 1. The van der Waals surface area contributed by atoms with Crippen molar-refractivity contribution in [3.63, 3.8) is 0 Å². The number of carbonyl (C=O) groups excluding carboxylic acids is 1. The van der Waals surface area contributed by atoms with Crippen LogP contribution in [-0.2, 0) is 0 Å². The van der Waals surface area contributed by atoms with Crippen molar-refractivity contribution in [1.29, 1.82) is 0 Å². The summed E-state index contributed by atoms with van der Waals surface area (Å²) in [6.45, 7) is 6.51. The summed E-state index contributed by atoms with van der Waals surface area (Å²) in [6.07, 6.45) is 9.56. The molecule has 2 saturated heterocycles. The van der Waals surface area contributed by atoms with Crippen molar-refractivity contribution >= 4 is 11.6 Å². The lowest BCUT2D eigenvalue weighted by molar-refractivity contribution is 0.0896. The van der Waals surface area contributed by atoms with E-state index in [1.807, 2.05) is 24.5 Å². The zero-order chi connectivity index (χ0) is 20.1. The predicted octanol–water partition coefficient (Wildman–Crippen LogP) is 4.03. The lowest BCUT2D eigenvalue weighted by Crippen LogP contribution is -2.45. The molecule has 0 saturated carbocycles. The van der Waals surface area contributed by atoms with Crippen molar-refractivity contribution in [2.24, 2.45) is 0 Å². The van der Waals surface area contributed by atoms with Gasteiger partial charge in [0.15, 0.2) is 0 Å². The number of likely N-dealkylation sites (tertiary alicyclic amines) is 1. The van der Waals surface area contributed by atoms with Crippen LogP contribution >= 0.6 is 0 Å². The van der Waals surface area contributed by atoms with Gasteiger partial charge in [-0.15, -0.1) is 0 Å². The molecule has 1 amide bonds. The molecule has 0 aliphatic carbocycles. The molecule has 1 aromatic carbocycles. The second-order valence-electron chi connectivity index (χ2n) is 8.33. The molecule has 5 heteroatoms. The molecule has 2 fully saturated rings. The monoisotopic (exact) mass is 392 g/mol. The molecule has 0 radical (unpaired) electrons. The molecule has 1 unspecified atom stereocenters. The summed E-state index contributed by atoms with van der Waals surface area (Å²) in [4.78, 5) is 21.7. The molecule has 29 heavy (non-hydrogen) atoms. The zero-order valence-electron chi connectivity index (χ0n) is 17.4. The van der Waals surface area contributed by atoms with Crippen molar-refractivity contribution in [3.05, 3.63) is 59.9 Å². The van der Waals surface area contributed by atoms with Gasteiger partial charge < -0.3 is 10.2 Å². The number of nitrogens with zero attached hydrogens (tertiary/aromatic N) is 3. The maximum Gasteiger partial charge on any atom is 0.251 e. The number of nitrogens with one attached hydrogen (secondary N) is 1. The molecule has 0 spiro atoms. The summed E-state index contributed by atoms with van der Waals surface area (Å²) in [6, 6.07) is 13.0. The Hall–Kier alpha value is -2.40. The minimum atomic E-state index is 0.0517. The fourth-order valence-electron chi connectivity index (χ4n) is 4.53. The highest BCUT2D eigenvalue weighted by molar-refractivity contribution is 5.94. The van der Waals surface area contributed by atoms with E-state index in [2.05, 4.69) is 51.3 Å². The standard InChI is InChI=1S/C24H32N4O/c1-19(20-9-13-25-14-10-20)27-17-11-22(12-18-27)26-24(29)21-5-7-23(8-6-21)28-15-3-2-4-16-28/h5-10,13-14,19,22H,2-4,11-12,15-18H2,1H3,(H,26,29). The number of hydrogen-bond acceptors (Lipinski definition) is 4. The van der Waals surface area contributed by atoms with Crippen LogP contribution in [-0.4, -0.2) is 48.0 Å². The van der Waals surface area contributed by atoms with Gasteiger partial charge >= 0.3 is 0 Å². The Morgan fingerprint density at radius 1 is 0.966 bits per heavy atom. The summed E-state index contributed by atoms with van der Waals surface area (Å²) in [5.41, 5.74) is 3.30. The Kier molecular flexibility index (Phi) is 6.45. The molecule has 4 rings (SSSR count). The summed E-state index contributed by atoms with van der Waals surface area (Å²) in [5.74, 6) is 0.0517. The summed E-state index contributed by atoms with van der Waals surface area (Å²) in [7, 11) is 0. The first-order valence-electron chi connectivity index (χ1n) is 11.0. The first-order valence-corrected chi connectivity index (χ1v) is 11.0. The second-order valence-corrected chi connectivity index (χ2v) is 8.33. The lowest BCUT2D eigenvalue weighted by Gasteiger charge is -2.36. The predicted molar refractivity (Wildman–Crippen MR) is 117 cm³/mol. The molecular weight excluding hydrogens is 360 g/mol. The van der Waals surface area contributed by atoms with Crippen LogP contribution in [0, 0.1) is 0 Å². The van der Waals surface area contributed by atoms with E-state index in [1.165, 1.54) is 30.5 Å². The molecule has 2 aliphatic rings. The number of benzene rings is 1. The number of piperidine rings is 2. The quantitative estimate of drug-likeness (QED) is 0.835. The van der Waals surface area contributed by atoms with E-state index in [9.17, 15) is 4.79 Å². The van der Waals surface area contributed by atoms with Crippen molar-refractivity contribution in [3.8, 4) is 0 Å². The topological polar surface area (TPSA) is 48.5 Å². The minimum Gasteiger partial charge on any atom is -0.372 e. The third-order valence-corrected chi connectivity index (χ3v) is 6.45. The Labute approximate surface area is 174 Å². The highest BCUT2D eigenvalue weighted by atomic mass is 16.1. The molecule has 0 bridgehead atoms. The van der Waals surface area contributed by atoms with Gasteiger partial charge in [0.25, 0.3) is 5.91 Å². The summed E-state index contributed by atoms with van der Waals surface area (Å²) in [5, 5.41) is 3.24. The molecule has 2 aromatic rings. The second kappa shape index (κ2) is 9.40. The molecule has 5 nitrogen and oxygen atoms in total. The maximum absolute atomic E-state index is 12.7. The van der Waals surface area contributed by atoms with Gasteiger partial charge in [-0.05, 0) is 81.0 Å². The van der Waals surface area contributed by atoms with Gasteiger partial charge in [0.1, 0.15) is 0 Å². The van der Waals surface area contributed by atoms with E-state index in [4.69, 9.17) is 0 Å². The van der Waals surface area contributed by atoms with E-state index < -0.39 is 0 Å². The van der Waals surface area contributed by atoms with Crippen molar-refractivity contribution < 1.29 is 4.79 Å². The molecule has 154 valence electrons. The van der Waals surface area contributed by atoms with Crippen LogP contribution in [0.5, 0.6) is 0 Å². The summed E-state index contributed by atoms with van der Waals surface area (Å²) < 4.78 is 0. The van der Waals surface area contributed by atoms with Gasteiger partial charge in [-0.25, -0.2) is 0 Å². The van der Waals surface area contributed by atoms with Crippen LogP contribution in [0.3, 0.4) is 0 Å². The van der Waals surface area contributed by atoms with E-state index in [0.717, 1.165) is 44.6 Å². The van der Waals surface area contributed by atoms with Gasteiger partial charge in [0, 0.05) is 61.9 Å². The summed E-state index contributed by atoms with van der Waals surface area (Å²) >= 11 is 0. The van der Waals surface area contributed by atoms with E-state index in [1.54, 1.807) is 0 Å². The Morgan fingerprint density at radius 3 is 2.28 bits per heavy atom. The van der Waals surface area contributed by atoms with Gasteiger partial charge in [-0.1, -0.05) is 0 Å². The van der Waals surface area contributed by atoms with Crippen LogP contribution in [0.2, 0.25) is 0 Å². The zero-order valence-corrected chi connectivity index (χ0v) is 17.4. The fourth-order valence-corrected chi connectivity index (χ4v) is 4.53. The number of anilines is 1. The number of hydrogen-bond donors (Lipinski definition) is 1. The van der Waals surface area contributed by atoms with Crippen LogP contribution in [0.4, 0.5) is 5.69 Å². The first-order chi connectivity index (χ1) is 14.2. The maximum atomic E-state index is 12.7. The van der Waals surface area contributed by atoms with E-state index >= 15 is 0 Å². The van der Waals surface area contributed by atoms with Crippen molar-refractivity contribution in [1.82, 2.24) is 15.2 Å². The molecular formula is C24H32N4O. The Balaban J connectivity index is 1.27. The molecule has 1 N–H and O–H groups in total. The molecule has 1 atom stereocenters. The lowest BCUT2D eigenvalue weighted by atomic mass is 10.0. The number of carbonyl (C=O) groups is 1. The van der Waals surface area contributed by atoms with E-state index in [0.29, 0.717) is 6.04 Å². The Morgan fingerprint density at radius 2 is 1.62 bits per heavy atom. The van der Waals surface area contributed by atoms with Crippen LogP contribution in [0.1, 0.15) is 61.0 Å². The SMILES string of the molecule is CC(c1ccncc1)N1CCC(NC(=O)c2ccc(N3CCCCC3)cc2)CC1. The fraction of sp³-hybridized carbons (Fsp3) is 0.500. The van der Waals surface area contributed by atoms with Crippen LogP contribution in [0.15, 0.2) is 48.8 Å². The highest BCUT2D eigenvalue weighted by Crippen LogP contribution is 2.24. The molecule has 1 aromatic heterocycles. The Bertz CT molecular complexity index is 778. The van der Waals surface area contributed by atoms with E-state index in [-0.39, 0.29) is 11.9 Å².